The Bertz CT molecular complexity index is 1390. The predicted molar refractivity (Wildman–Crippen MR) is 135 cm³/mol. The Hall–Kier alpha value is -3.99. The summed E-state index contributed by atoms with van der Waals surface area (Å²) < 4.78 is 6.68. The van der Waals surface area contributed by atoms with Crippen LogP contribution in [0.1, 0.15) is 37.7 Å². The van der Waals surface area contributed by atoms with Crippen molar-refractivity contribution in [3.63, 3.8) is 0 Å². The molecule has 2 saturated heterocycles. The van der Waals surface area contributed by atoms with E-state index in [9.17, 15) is 4.79 Å². The first-order valence-corrected chi connectivity index (χ1v) is 12.3. The molecule has 36 heavy (non-hydrogen) atoms. The molecule has 2 bridgehead atoms. The van der Waals surface area contributed by atoms with E-state index in [-0.39, 0.29) is 5.69 Å². The number of nitrogens with zero attached hydrogens (tertiary/aromatic N) is 7. The maximum atomic E-state index is 12.0. The highest BCUT2D eigenvalue weighted by Crippen LogP contribution is 2.36. The number of likely N-dealkylation sites (tertiary alicyclic amines) is 1. The fourth-order valence-electron chi connectivity index (χ4n) is 5.37. The number of benzene rings is 1. The number of ether oxygens (including phenoxy) is 1. The lowest BCUT2D eigenvalue weighted by Gasteiger charge is -2.37. The van der Waals surface area contributed by atoms with Gasteiger partial charge in [-0.1, -0.05) is 0 Å². The highest BCUT2D eigenvalue weighted by Gasteiger charge is 2.43. The number of hydrogen-bond donors (Lipinski definition) is 2. The molecule has 0 aliphatic carbocycles. The van der Waals surface area contributed by atoms with Gasteiger partial charge in [-0.3, -0.25) is 10.00 Å². The fourth-order valence-corrected chi connectivity index (χ4v) is 5.37. The molecule has 2 aliphatic rings. The van der Waals surface area contributed by atoms with Crippen molar-refractivity contribution in [3.05, 3.63) is 48.5 Å². The number of anilines is 3. The molecule has 2 atom stereocenters. The highest BCUT2D eigenvalue weighted by atomic mass is 16.5. The van der Waals surface area contributed by atoms with Crippen LogP contribution in [-0.4, -0.2) is 78.5 Å². The number of aromatic amines is 1. The number of carbonyl (C=O) groups is 1. The molecule has 11 nitrogen and oxygen atoms in total. The monoisotopic (exact) mass is 487 g/mol. The molecular formula is C25H29N9O2. The average Bonchev–Trinajstić information content (AvgIpc) is 3.68. The second-order valence-electron chi connectivity index (χ2n) is 9.53. The van der Waals surface area contributed by atoms with Crippen molar-refractivity contribution in [1.29, 1.82) is 0 Å². The fraction of sp³-hybridized carbons (Fsp3) is 0.400. The van der Waals surface area contributed by atoms with Crippen molar-refractivity contribution in [2.45, 2.75) is 45.3 Å². The van der Waals surface area contributed by atoms with Crippen molar-refractivity contribution >= 4 is 28.8 Å². The second kappa shape index (κ2) is 8.90. The summed E-state index contributed by atoms with van der Waals surface area (Å²) in [4.78, 5) is 26.1. The number of fused-ring (bicyclic) bond motifs is 3. The molecule has 2 aliphatic heterocycles. The Kier molecular flexibility index (Phi) is 5.56. The molecule has 6 rings (SSSR count). The minimum atomic E-state index is -0.459. The third-order valence-corrected chi connectivity index (χ3v) is 7.05. The van der Waals surface area contributed by atoms with Gasteiger partial charge in [0.25, 0.3) is 0 Å². The molecule has 186 valence electrons. The summed E-state index contributed by atoms with van der Waals surface area (Å²) in [6.07, 6.45) is 4.37. The number of aromatic nitrogens is 6. The van der Waals surface area contributed by atoms with Crippen LogP contribution in [0, 0.1) is 0 Å². The zero-order chi connectivity index (χ0) is 24.8. The Balaban J connectivity index is 1.20. The van der Waals surface area contributed by atoms with Crippen molar-refractivity contribution in [3.8, 4) is 11.4 Å². The first kappa shape index (κ1) is 22.5. The van der Waals surface area contributed by atoms with E-state index in [2.05, 4.69) is 78.5 Å². The molecule has 11 heteroatoms. The second-order valence-corrected chi connectivity index (χ2v) is 9.53. The zero-order valence-corrected chi connectivity index (χ0v) is 20.5. The van der Waals surface area contributed by atoms with Gasteiger partial charge < -0.3 is 15.0 Å². The Labute approximate surface area is 208 Å². The summed E-state index contributed by atoms with van der Waals surface area (Å²) in [5.74, 6) is 0.123. The van der Waals surface area contributed by atoms with Gasteiger partial charge in [0.05, 0.1) is 12.8 Å². The van der Waals surface area contributed by atoms with Crippen LogP contribution in [0.15, 0.2) is 42.9 Å². The van der Waals surface area contributed by atoms with Crippen molar-refractivity contribution < 1.29 is 9.53 Å². The minimum Gasteiger partial charge on any atom is -0.461 e. The van der Waals surface area contributed by atoms with Crippen LogP contribution in [0.5, 0.6) is 0 Å². The molecular weight excluding hydrogens is 458 g/mol. The van der Waals surface area contributed by atoms with E-state index in [1.54, 1.807) is 23.7 Å². The molecule has 0 saturated carbocycles. The number of nitrogens with one attached hydrogen (secondary N) is 2. The molecule has 2 fully saturated rings. The van der Waals surface area contributed by atoms with Crippen LogP contribution >= 0.6 is 0 Å². The smallest absolute Gasteiger partial charge is 0.356 e. The molecule has 4 aromatic rings. The summed E-state index contributed by atoms with van der Waals surface area (Å²) >= 11 is 0. The van der Waals surface area contributed by atoms with Gasteiger partial charge in [-0.15, -0.1) is 0 Å². The lowest BCUT2D eigenvalue weighted by Crippen LogP contribution is -2.48. The topological polar surface area (TPSA) is 117 Å². The van der Waals surface area contributed by atoms with Gasteiger partial charge in [0.1, 0.15) is 23.4 Å². The molecule has 1 aromatic carbocycles. The Morgan fingerprint density at radius 1 is 1.19 bits per heavy atom. The molecule has 0 radical (unpaired) electrons. The van der Waals surface area contributed by atoms with Crippen LogP contribution in [0.4, 0.5) is 17.2 Å². The summed E-state index contributed by atoms with van der Waals surface area (Å²) in [7, 11) is 0. The van der Waals surface area contributed by atoms with Crippen LogP contribution < -0.4 is 10.2 Å². The SMILES string of the molecule is CCOC(=O)c1cc(-c2cnc(Nc3ccc(N4C[C@H]5C[C@@H]4CN5C(C)C)cc3)c3ncnn23)n[nH]1. The van der Waals surface area contributed by atoms with E-state index in [1.807, 2.05) is 0 Å². The number of H-pyrrole nitrogens is 1. The van der Waals surface area contributed by atoms with Gasteiger partial charge in [-0.2, -0.15) is 10.2 Å². The highest BCUT2D eigenvalue weighted by molar-refractivity contribution is 5.88. The number of carbonyl (C=O) groups excluding carboxylic acids is 1. The van der Waals surface area contributed by atoms with Gasteiger partial charge in [0, 0.05) is 48.7 Å². The van der Waals surface area contributed by atoms with Gasteiger partial charge >= 0.3 is 5.97 Å². The standard InChI is InChI=1S/C25H29N9O2/c1-4-36-25(35)21-10-20(30-31-21)22-11-26-23(24-27-14-28-34(22)24)29-16-5-7-17(8-6-16)33-13-18-9-19(33)12-32(18)15(2)3/h5-8,10-11,14-15,18-19H,4,9,12-13H2,1-3H3,(H,26,29)(H,30,31)/t18-,19-/m1/s1. The first-order valence-electron chi connectivity index (χ1n) is 12.3. The quantitative estimate of drug-likeness (QED) is 0.379. The van der Waals surface area contributed by atoms with E-state index in [0.717, 1.165) is 18.8 Å². The molecule has 5 heterocycles. The van der Waals surface area contributed by atoms with Crippen molar-refractivity contribution in [2.75, 3.05) is 29.9 Å². The lowest BCUT2D eigenvalue weighted by molar-refractivity contribution is 0.0519. The minimum absolute atomic E-state index is 0.269. The molecule has 0 unspecified atom stereocenters. The van der Waals surface area contributed by atoms with E-state index in [4.69, 9.17) is 4.74 Å². The summed E-state index contributed by atoms with van der Waals surface area (Å²) in [5, 5.41) is 14.6. The van der Waals surface area contributed by atoms with E-state index in [1.165, 1.54) is 18.4 Å². The summed E-state index contributed by atoms with van der Waals surface area (Å²) in [6.45, 7) is 8.85. The Morgan fingerprint density at radius 3 is 2.75 bits per heavy atom. The maximum Gasteiger partial charge on any atom is 0.356 e. The van der Waals surface area contributed by atoms with Gasteiger partial charge in [0.15, 0.2) is 11.5 Å². The zero-order valence-electron chi connectivity index (χ0n) is 20.5. The third-order valence-electron chi connectivity index (χ3n) is 7.05. The molecule has 3 aromatic heterocycles. The summed E-state index contributed by atoms with van der Waals surface area (Å²) in [6, 6.07) is 11.9. The summed E-state index contributed by atoms with van der Waals surface area (Å²) in [5.41, 5.74) is 4.13. The van der Waals surface area contributed by atoms with Crippen LogP contribution in [-0.2, 0) is 4.74 Å². The van der Waals surface area contributed by atoms with Gasteiger partial charge in [0.2, 0.25) is 0 Å². The van der Waals surface area contributed by atoms with Gasteiger partial charge in [-0.25, -0.2) is 19.3 Å². The van der Waals surface area contributed by atoms with E-state index in [0.29, 0.717) is 47.6 Å². The predicted octanol–water partition coefficient (Wildman–Crippen LogP) is 3.11. The average molecular weight is 488 g/mol. The van der Waals surface area contributed by atoms with Crippen molar-refractivity contribution in [2.24, 2.45) is 0 Å². The third kappa shape index (κ3) is 3.85. The van der Waals surface area contributed by atoms with Crippen LogP contribution in [0.2, 0.25) is 0 Å². The Morgan fingerprint density at radius 2 is 2.03 bits per heavy atom. The normalized spacial score (nSPS) is 19.5. The van der Waals surface area contributed by atoms with E-state index < -0.39 is 5.97 Å². The van der Waals surface area contributed by atoms with Crippen molar-refractivity contribution in [1.82, 2.24) is 34.7 Å². The molecule has 0 amide bonds. The number of rotatable bonds is 7. The lowest BCUT2D eigenvalue weighted by atomic mass is 10.2. The largest absolute Gasteiger partial charge is 0.461 e. The van der Waals surface area contributed by atoms with Crippen LogP contribution in [0.3, 0.4) is 0 Å². The van der Waals surface area contributed by atoms with E-state index >= 15 is 0 Å². The number of piperazine rings is 1. The van der Waals surface area contributed by atoms with Gasteiger partial charge in [-0.05, 0) is 51.5 Å². The molecule has 2 N–H and O–H groups in total. The van der Waals surface area contributed by atoms with Crippen LogP contribution in [0.25, 0.3) is 17.0 Å². The number of esters is 1. The number of hydrogen-bond acceptors (Lipinski definition) is 9. The molecule has 0 spiro atoms. The first-order chi connectivity index (χ1) is 17.5. The maximum absolute atomic E-state index is 12.0.